The molecule has 0 fully saturated rings. The van der Waals surface area contributed by atoms with E-state index in [1.165, 1.54) is 18.2 Å². The van der Waals surface area contributed by atoms with E-state index < -0.39 is 27.7 Å². The second-order valence-electron chi connectivity index (χ2n) is 10.0. The molecule has 1 aromatic heterocycles. The lowest BCUT2D eigenvalue weighted by molar-refractivity contribution is -0.127. The van der Waals surface area contributed by atoms with Gasteiger partial charge in [-0.1, -0.05) is 0 Å². The van der Waals surface area contributed by atoms with Gasteiger partial charge < -0.3 is 21.1 Å². The lowest BCUT2D eigenvalue weighted by Crippen LogP contribution is -2.40. The van der Waals surface area contributed by atoms with Crippen molar-refractivity contribution in [2.75, 3.05) is 24.9 Å². The molecule has 0 aliphatic carbocycles. The number of methoxy groups -OCH3 is 1. The van der Waals surface area contributed by atoms with Crippen LogP contribution in [0.3, 0.4) is 0 Å². The average Bonchev–Trinajstić information content (AvgIpc) is 3.40. The molecule has 0 saturated carbocycles. The zero-order valence-electron chi connectivity index (χ0n) is 24.3. The Morgan fingerprint density at radius 3 is 2.18 bits per heavy atom. The topological polar surface area (TPSA) is 179 Å². The molecule has 0 radical (unpaired) electrons. The fourth-order valence-corrected chi connectivity index (χ4v) is 5.59. The number of halogens is 1. The van der Waals surface area contributed by atoms with Gasteiger partial charge in [-0.3, -0.25) is 28.5 Å². The van der Waals surface area contributed by atoms with Crippen LogP contribution in [-0.4, -0.2) is 56.8 Å². The standard InChI is InChI=1S/C31H32FN5O7S/c1-44-24-11-6-20(7-12-24)27-17-21-16-23(36-45(42,43)25-13-8-22(32)9-14-25)10-15-26(21)37(27)31(41)5-3-2-4-29(39)35-19-30(40)34-18-28(33)38/h6-17,36H,2-5,18-19H2,1H3,(H2,33,38)(H,34,40)(H,35,39). The summed E-state index contributed by atoms with van der Waals surface area (Å²) in [6.45, 7) is -0.621. The Bertz CT molecular complexity index is 1820. The van der Waals surface area contributed by atoms with Gasteiger partial charge in [0.05, 0.1) is 36.3 Å². The third-order valence-corrected chi connectivity index (χ3v) is 8.16. The van der Waals surface area contributed by atoms with E-state index in [1.807, 2.05) is 0 Å². The minimum atomic E-state index is -3.99. The summed E-state index contributed by atoms with van der Waals surface area (Å²) >= 11 is 0. The van der Waals surface area contributed by atoms with Crippen LogP contribution in [0, 0.1) is 5.82 Å². The zero-order valence-corrected chi connectivity index (χ0v) is 25.2. The van der Waals surface area contributed by atoms with Crippen molar-refractivity contribution in [3.63, 3.8) is 0 Å². The molecule has 3 aromatic carbocycles. The number of primary amides is 1. The first-order valence-electron chi connectivity index (χ1n) is 13.9. The lowest BCUT2D eigenvalue weighted by Gasteiger charge is -2.11. The van der Waals surface area contributed by atoms with Crippen LogP contribution < -0.4 is 25.8 Å². The summed E-state index contributed by atoms with van der Waals surface area (Å²) in [7, 11) is -2.45. The molecule has 45 heavy (non-hydrogen) atoms. The summed E-state index contributed by atoms with van der Waals surface area (Å²) in [5, 5.41) is 5.32. The number of sulfonamides is 1. The Labute approximate surface area is 258 Å². The van der Waals surface area contributed by atoms with Gasteiger partial charge in [-0.05, 0) is 91.2 Å². The first-order chi connectivity index (χ1) is 21.5. The summed E-state index contributed by atoms with van der Waals surface area (Å²) < 4.78 is 48.3. The number of carbonyl (C=O) groups excluding carboxylic acids is 4. The van der Waals surface area contributed by atoms with Crippen LogP contribution in [0.2, 0.25) is 0 Å². The van der Waals surface area contributed by atoms with Crippen molar-refractivity contribution >= 4 is 50.2 Å². The number of aromatic nitrogens is 1. The van der Waals surface area contributed by atoms with Gasteiger partial charge >= 0.3 is 0 Å². The molecule has 5 N–H and O–H groups in total. The highest BCUT2D eigenvalue weighted by Gasteiger charge is 2.19. The monoisotopic (exact) mass is 637 g/mol. The number of fused-ring (bicyclic) bond motifs is 1. The molecule has 0 spiro atoms. The molecular formula is C31H32FN5O7S. The van der Waals surface area contributed by atoms with Crippen LogP contribution in [0.1, 0.15) is 30.5 Å². The highest BCUT2D eigenvalue weighted by molar-refractivity contribution is 7.92. The number of nitrogens with zero attached hydrogens (tertiary/aromatic N) is 1. The van der Waals surface area contributed by atoms with Crippen LogP contribution in [0.5, 0.6) is 5.75 Å². The van der Waals surface area contributed by atoms with Gasteiger partial charge in [0.25, 0.3) is 10.0 Å². The minimum absolute atomic E-state index is 0.0890. The number of amides is 3. The number of rotatable bonds is 14. The highest BCUT2D eigenvalue weighted by Crippen LogP contribution is 2.32. The number of hydrogen-bond donors (Lipinski definition) is 4. The third-order valence-electron chi connectivity index (χ3n) is 6.76. The molecule has 3 amide bonds. The molecule has 4 rings (SSSR count). The molecule has 4 aromatic rings. The van der Waals surface area contributed by atoms with E-state index in [9.17, 15) is 32.0 Å². The predicted octanol–water partition coefficient (Wildman–Crippen LogP) is 3.18. The van der Waals surface area contributed by atoms with Gasteiger partial charge in [0.2, 0.25) is 23.6 Å². The normalized spacial score (nSPS) is 11.2. The molecule has 12 nitrogen and oxygen atoms in total. The summed E-state index contributed by atoms with van der Waals surface area (Å²) in [6, 6.07) is 18.1. The van der Waals surface area contributed by atoms with Crippen molar-refractivity contribution in [2.45, 2.75) is 30.6 Å². The van der Waals surface area contributed by atoms with E-state index in [4.69, 9.17) is 10.5 Å². The number of anilines is 1. The number of unbranched alkanes of at least 4 members (excludes halogenated alkanes) is 1. The maximum absolute atomic E-state index is 13.6. The van der Waals surface area contributed by atoms with Crippen molar-refractivity contribution < 1.29 is 36.7 Å². The van der Waals surface area contributed by atoms with Gasteiger partial charge in [-0.2, -0.15) is 0 Å². The van der Waals surface area contributed by atoms with Crippen LogP contribution >= 0.6 is 0 Å². The summed E-state index contributed by atoms with van der Waals surface area (Å²) in [5.74, 6) is -1.78. The van der Waals surface area contributed by atoms with E-state index in [-0.39, 0.29) is 48.3 Å². The zero-order chi connectivity index (χ0) is 32.6. The van der Waals surface area contributed by atoms with Crippen molar-refractivity contribution in [3.05, 3.63) is 78.6 Å². The number of nitrogens with one attached hydrogen (secondary N) is 3. The van der Waals surface area contributed by atoms with Gasteiger partial charge in [-0.15, -0.1) is 0 Å². The second kappa shape index (κ2) is 14.5. The van der Waals surface area contributed by atoms with Crippen molar-refractivity contribution in [3.8, 4) is 17.0 Å². The fraction of sp³-hybridized carbons (Fsp3) is 0.226. The fourth-order valence-electron chi connectivity index (χ4n) is 4.54. The molecule has 0 bridgehead atoms. The molecule has 0 atom stereocenters. The number of nitrogens with two attached hydrogens (primary N) is 1. The van der Waals surface area contributed by atoms with E-state index in [0.717, 1.165) is 17.7 Å². The Morgan fingerprint density at radius 1 is 0.844 bits per heavy atom. The van der Waals surface area contributed by atoms with Gasteiger partial charge in [0.1, 0.15) is 11.6 Å². The molecule has 0 unspecified atom stereocenters. The Morgan fingerprint density at radius 2 is 1.51 bits per heavy atom. The van der Waals surface area contributed by atoms with Crippen LogP contribution in [0.25, 0.3) is 22.2 Å². The smallest absolute Gasteiger partial charge is 0.261 e. The molecule has 0 aliphatic rings. The SMILES string of the molecule is COc1ccc(-c2cc3cc(NS(=O)(=O)c4ccc(F)cc4)ccc3n2C(=O)CCCCC(=O)NCC(=O)NCC(N)=O)cc1. The number of benzene rings is 3. The summed E-state index contributed by atoms with van der Waals surface area (Å²) in [5.41, 5.74) is 7.08. The van der Waals surface area contributed by atoms with E-state index in [0.29, 0.717) is 35.2 Å². The third kappa shape index (κ3) is 8.66. The lowest BCUT2D eigenvalue weighted by atomic mass is 10.1. The van der Waals surface area contributed by atoms with Gasteiger partial charge in [0.15, 0.2) is 0 Å². The molecular weight excluding hydrogens is 605 g/mol. The minimum Gasteiger partial charge on any atom is -0.497 e. The molecule has 0 aliphatic heterocycles. The number of ether oxygens (including phenoxy) is 1. The van der Waals surface area contributed by atoms with Crippen LogP contribution in [0.15, 0.2) is 77.7 Å². The molecule has 14 heteroatoms. The van der Waals surface area contributed by atoms with E-state index in [1.54, 1.807) is 54.1 Å². The van der Waals surface area contributed by atoms with Crippen molar-refractivity contribution in [1.29, 1.82) is 0 Å². The molecule has 0 saturated heterocycles. The van der Waals surface area contributed by atoms with Crippen molar-refractivity contribution in [2.24, 2.45) is 5.73 Å². The average molecular weight is 638 g/mol. The predicted molar refractivity (Wildman–Crippen MR) is 165 cm³/mol. The Hall–Kier alpha value is -5.24. The maximum Gasteiger partial charge on any atom is 0.261 e. The Balaban J connectivity index is 1.49. The number of carbonyl (C=O) groups is 4. The maximum atomic E-state index is 13.6. The molecule has 1 heterocycles. The van der Waals surface area contributed by atoms with Gasteiger partial charge in [-0.25, -0.2) is 12.8 Å². The first-order valence-corrected chi connectivity index (χ1v) is 15.4. The molecule has 236 valence electrons. The highest BCUT2D eigenvalue weighted by atomic mass is 32.2. The van der Waals surface area contributed by atoms with E-state index >= 15 is 0 Å². The Kier molecular flexibility index (Phi) is 10.5. The van der Waals surface area contributed by atoms with Gasteiger partial charge in [0, 0.05) is 23.9 Å². The quantitative estimate of drug-likeness (QED) is 0.153. The van der Waals surface area contributed by atoms with Crippen molar-refractivity contribution in [1.82, 2.24) is 15.2 Å². The second-order valence-corrected chi connectivity index (χ2v) is 11.7. The largest absolute Gasteiger partial charge is 0.497 e. The summed E-state index contributed by atoms with van der Waals surface area (Å²) in [4.78, 5) is 47.9. The van der Waals surface area contributed by atoms with Crippen LogP contribution in [0.4, 0.5) is 10.1 Å². The van der Waals surface area contributed by atoms with Crippen LogP contribution in [-0.2, 0) is 24.4 Å². The van der Waals surface area contributed by atoms with E-state index in [2.05, 4.69) is 15.4 Å². The number of hydrogen-bond acceptors (Lipinski definition) is 7. The first kappa shape index (κ1) is 32.7. The summed E-state index contributed by atoms with van der Waals surface area (Å²) in [6.07, 6.45) is 0.966.